The van der Waals surface area contributed by atoms with Crippen molar-refractivity contribution < 1.29 is 5.11 Å². The van der Waals surface area contributed by atoms with Gasteiger partial charge >= 0.3 is 0 Å². The Labute approximate surface area is 188 Å². The summed E-state index contributed by atoms with van der Waals surface area (Å²) in [6.45, 7) is 13.1. The molecule has 1 N–H and O–H groups in total. The quantitative estimate of drug-likeness (QED) is 0.444. The second kappa shape index (κ2) is 9.07. The van der Waals surface area contributed by atoms with E-state index in [0.717, 1.165) is 41.9 Å². The molecule has 0 radical (unpaired) electrons. The van der Waals surface area contributed by atoms with Crippen LogP contribution in [0.5, 0.6) is 0 Å². The minimum Gasteiger partial charge on any atom is -0.396 e. The summed E-state index contributed by atoms with van der Waals surface area (Å²) in [4.78, 5) is 0. The van der Waals surface area contributed by atoms with Crippen molar-refractivity contribution >= 4 is 0 Å². The van der Waals surface area contributed by atoms with E-state index >= 15 is 0 Å². The van der Waals surface area contributed by atoms with E-state index in [0.29, 0.717) is 29.3 Å². The first-order valence-corrected chi connectivity index (χ1v) is 13.9. The SMILES string of the molecule is CC(C)[C@H](CCO)CC[C@@H](C)[C@H]1CC[C@H]2[C@@H]3CC[C@H]4CCCC[C@]4(C)[C@H]3CC[C@]12C. The monoisotopic (exact) mass is 416 g/mol. The highest BCUT2D eigenvalue weighted by atomic mass is 16.3. The van der Waals surface area contributed by atoms with Crippen molar-refractivity contribution in [2.75, 3.05) is 6.61 Å². The van der Waals surface area contributed by atoms with Gasteiger partial charge in [0.2, 0.25) is 0 Å². The molecule has 0 heterocycles. The van der Waals surface area contributed by atoms with Gasteiger partial charge in [-0.15, -0.1) is 0 Å². The number of fused-ring (bicyclic) bond motifs is 5. The summed E-state index contributed by atoms with van der Waals surface area (Å²) in [5.74, 6) is 7.36. The van der Waals surface area contributed by atoms with E-state index < -0.39 is 0 Å². The molecule has 4 aliphatic rings. The van der Waals surface area contributed by atoms with Crippen molar-refractivity contribution in [1.82, 2.24) is 0 Å². The summed E-state index contributed by atoms with van der Waals surface area (Å²) in [5.41, 5.74) is 1.30. The predicted molar refractivity (Wildman–Crippen MR) is 128 cm³/mol. The van der Waals surface area contributed by atoms with Crippen LogP contribution in [-0.4, -0.2) is 11.7 Å². The third-order valence-corrected chi connectivity index (χ3v) is 11.8. The average Bonchev–Trinajstić information content (AvgIpc) is 3.07. The number of rotatable bonds is 7. The largest absolute Gasteiger partial charge is 0.396 e. The molecule has 0 spiro atoms. The maximum Gasteiger partial charge on any atom is 0.0433 e. The molecule has 0 aromatic heterocycles. The molecule has 0 aliphatic heterocycles. The maximum absolute atomic E-state index is 9.47. The Morgan fingerprint density at radius 2 is 1.53 bits per heavy atom. The van der Waals surface area contributed by atoms with Crippen LogP contribution in [0, 0.1) is 58.2 Å². The van der Waals surface area contributed by atoms with Crippen LogP contribution in [0.3, 0.4) is 0 Å². The second-order valence-electron chi connectivity index (χ2n) is 13.2. The molecule has 1 heteroatoms. The summed E-state index contributed by atoms with van der Waals surface area (Å²) in [6.07, 6.45) is 18.9. The zero-order valence-corrected chi connectivity index (χ0v) is 21.0. The number of hydrogen-bond acceptors (Lipinski definition) is 1. The molecule has 0 amide bonds. The first-order valence-electron chi connectivity index (χ1n) is 13.9. The summed E-state index contributed by atoms with van der Waals surface area (Å²) in [7, 11) is 0. The van der Waals surface area contributed by atoms with Crippen molar-refractivity contribution in [2.45, 2.75) is 118 Å². The predicted octanol–water partition coefficient (Wildman–Crippen LogP) is 8.11. The van der Waals surface area contributed by atoms with Gasteiger partial charge in [0.1, 0.15) is 0 Å². The molecule has 0 saturated heterocycles. The molecule has 0 aromatic carbocycles. The number of aliphatic hydroxyl groups excluding tert-OH is 1. The molecule has 174 valence electrons. The lowest BCUT2D eigenvalue weighted by molar-refractivity contribution is -0.114. The van der Waals surface area contributed by atoms with Gasteiger partial charge in [-0.2, -0.15) is 0 Å². The van der Waals surface area contributed by atoms with Gasteiger partial charge in [-0.25, -0.2) is 0 Å². The summed E-state index contributed by atoms with van der Waals surface area (Å²) in [5, 5.41) is 9.47. The average molecular weight is 417 g/mol. The van der Waals surface area contributed by atoms with Gasteiger partial charge in [-0.1, -0.05) is 53.9 Å². The van der Waals surface area contributed by atoms with E-state index in [4.69, 9.17) is 0 Å². The summed E-state index contributed by atoms with van der Waals surface area (Å²) < 4.78 is 0. The molecule has 9 atom stereocenters. The van der Waals surface area contributed by atoms with E-state index in [1.54, 1.807) is 12.8 Å². The topological polar surface area (TPSA) is 20.2 Å². The second-order valence-corrected chi connectivity index (χ2v) is 13.2. The van der Waals surface area contributed by atoms with Gasteiger partial charge in [0, 0.05) is 6.61 Å². The van der Waals surface area contributed by atoms with E-state index in [2.05, 4.69) is 34.6 Å². The van der Waals surface area contributed by atoms with E-state index in [1.165, 1.54) is 64.2 Å². The van der Waals surface area contributed by atoms with Crippen molar-refractivity contribution in [1.29, 1.82) is 0 Å². The first kappa shape index (κ1) is 23.1. The third-order valence-electron chi connectivity index (χ3n) is 11.8. The van der Waals surface area contributed by atoms with Crippen LogP contribution in [0.4, 0.5) is 0 Å². The Kier molecular flexibility index (Phi) is 6.99. The van der Waals surface area contributed by atoms with Crippen LogP contribution in [0.2, 0.25) is 0 Å². The molecule has 4 aliphatic carbocycles. The highest BCUT2D eigenvalue weighted by molar-refractivity contribution is 5.09. The molecule has 0 bridgehead atoms. The standard InChI is InChI=1S/C29H52O/c1-20(2)22(16-19-30)10-9-21(3)25-13-14-26-24-12-11-23-8-6-7-17-28(23,4)27(24)15-18-29(25,26)5/h20-27,30H,6-19H2,1-5H3/t21-,22+,23-,24+,25-,26+,27+,28+,29-/m1/s1. The van der Waals surface area contributed by atoms with Crippen molar-refractivity contribution in [2.24, 2.45) is 58.2 Å². The Morgan fingerprint density at radius 3 is 2.27 bits per heavy atom. The van der Waals surface area contributed by atoms with Crippen LogP contribution in [0.25, 0.3) is 0 Å². The fraction of sp³-hybridized carbons (Fsp3) is 1.00. The molecule has 4 fully saturated rings. The van der Waals surface area contributed by atoms with Crippen molar-refractivity contribution in [3.8, 4) is 0 Å². The van der Waals surface area contributed by atoms with Crippen LogP contribution in [-0.2, 0) is 0 Å². The molecular weight excluding hydrogens is 364 g/mol. The number of aliphatic hydroxyl groups is 1. The molecule has 30 heavy (non-hydrogen) atoms. The minimum atomic E-state index is 0.364. The van der Waals surface area contributed by atoms with Crippen molar-refractivity contribution in [3.05, 3.63) is 0 Å². The van der Waals surface area contributed by atoms with Crippen molar-refractivity contribution in [3.63, 3.8) is 0 Å². The third kappa shape index (κ3) is 3.92. The minimum absolute atomic E-state index is 0.364. The van der Waals surface area contributed by atoms with Gasteiger partial charge in [0.05, 0.1) is 0 Å². The van der Waals surface area contributed by atoms with E-state index in [-0.39, 0.29) is 0 Å². The molecule has 4 rings (SSSR count). The van der Waals surface area contributed by atoms with Gasteiger partial charge in [-0.05, 0) is 122 Å². The fourth-order valence-electron chi connectivity index (χ4n) is 9.93. The zero-order valence-electron chi connectivity index (χ0n) is 21.0. The highest BCUT2D eigenvalue weighted by Gasteiger charge is 2.60. The lowest BCUT2D eigenvalue weighted by Crippen LogP contribution is -2.53. The van der Waals surface area contributed by atoms with Crippen LogP contribution in [0.15, 0.2) is 0 Å². The highest BCUT2D eigenvalue weighted by Crippen LogP contribution is 2.68. The summed E-state index contributed by atoms with van der Waals surface area (Å²) in [6, 6.07) is 0. The van der Waals surface area contributed by atoms with Gasteiger partial charge in [-0.3, -0.25) is 0 Å². The fourth-order valence-corrected chi connectivity index (χ4v) is 9.93. The van der Waals surface area contributed by atoms with Crippen LogP contribution < -0.4 is 0 Å². The Hall–Kier alpha value is -0.0400. The smallest absolute Gasteiger partial charge is 0.0433 e. The first-order chi connectivity index (χ1) is 14.3. The molecule has 0 aromatic rings. The van der Waals surface area contributed by atoms with E-state index in [9.17, 15) is 5.11 Å². The Bertz CT molecular complexity index is 569. The lowest BCUT2D eigenvalue weighted by Gasteiger charge is -2.61. The molecule has 1 nitrogen and oxygen atoms in total. The zero-order chi connectivity index (χ0) is 21.5. The van der Waals surface area contributed by atoms with Crippen LogP contribution >= 0.6 is 0 Å². The van der Waals surface area contributed by atoms with Gasteiger partial charge in [0.25, 0.3) is 0 Å². The summed E-state index contributed by atoms with van der Waals surface area (Å²) >= 11 is 0. The maximum atomic E-state index is 9.47. The molecule has 0 unspecified atom stereocenters. The lowest BCUT2D eigenvalue weighted by atomic mass is 9.44. The normalized spacial score (nSPS) is 45.5. The number of hydrogen-bond donors (Lipinski definition) is 1. The molecular formula is C29H52O. The van der Waals surface area contributed by atoms with E-state index in [1.807, 2.05) is 0 Å². The van der Waals surface area contributed by atoms with Gasteiger partial charge < -0.3 is 5.11 Å². The van der Waals surface area contributed by atoms with Crippen LogP contribution in [0.1, 0.15) is 118 Å². The molecule has 4 saturated carbocycles. The Balaban J connectivity index is 1.43. The van der Waals surface area contributed by atoms with Gasteiger partial charge in [0.15, 0.2) is 0 Å². The Morgan fingerprint density at radius 1 is 0.767 bits per heavy atom.